The average Bonchev–Trinajstić information content (AvgIpc) is 3.73. The van der Waals surface area contributed by atoms with Gasteiger partial charge in [-0.15, -0.1) is 0 Å². The second-order valence-corrected chi connectivity index (χ2v) is 12.2. The third-order valence-corrected chi connectivity index (χ3v) is 9.33. The van der Waals surface area contributed by atoms with Crippen LogP contribution in [0, 0.1) is 0 Å². The van der Waals surface area contributed by atoms with Crippen LogP contribution < -0.4 is 5.32 Å². The van der Waals surface area contributed by atoms with E-state index in [0.717, 1.165) is 88.8 Å². The second-order valence-electron chi connectivity index (χ2n) is 12.2. The van der Waals surface area contributed by atoms with Crippen LogP contribution in [0.1, 0.15) is 22.9 Å². The van der Waals surface area contributed by atoms with Crippen molar-refractivity contribution < 1.29 is 8.83 Å². The van der Waals surface area contributed by atoms with Gasteiger partial charge in [0.05, 0.1) is 0 Å². The van der Waals surface area contributed by atoms with E-state index in [0.29, 0.717) is 0 Å². The van der Waals surface area contributed by atoms with Crippen molar-refractivity contribution in [2.24, 2.45) is 9.98 Å². The molecule has 5 heteroatoms. The van der Waals surface area contributed by atoms with Crippen LogP contribution in [-0.4, -0.2) is 11.7 Å². The highest BCUT2D eigenvalue weighted by Crippen LogP contribution is 2.43. The molecule has 3 heterocycles. The standard InChI is InChI=1S/C43H27N3O2/c1-2-11-27(12-3-1)41-44-42(30-19-18-26-10-4-5-13-28(26)24-30)46-43(45-41)34-22-21-31(40-39(34)33-15-7-9-17-37(33)48-40)29-20-23-38-35(25-29)32-14-6-8-16-36(32)47-38/h1-25,43H,(H,44,45,46). The lowest BCUT2D eigenvalue weighted by Crippen LogP contribution is -2.36. The van der Waals surface area contributed by atoms with E-state index in [2.05, 4.69) is 108 Å². The maximum absolute atomic E-state index is 6.69. The number of nitrogens with one attached hydrogen (secondary N) is 1. The molecule has 7 aromatic carbocycles. The molecule has 0 saturated heterocycles. The predicted molar refractivity (Wildman–Crippen MR) is 196 cm³/mol. The van der Waals surface area contributed by atoms with Crippen molar-refractivity contribution in [1.82, 2.24) is 5.32 Å². The van der Waals surface area contributed by atoms with E-state index in [1.54, 1.807) is 0 Å². The molecule has 1 atom stereocenters. The van der Waals surface area contributed by atoms with Gasteiger partial charge >= 0.3 is 0 Å². The zero-order chi connectivity index (χ0) is 31.6. The molecule has 0 aliphatic carbocycles. The summed E-state index contributed by atoms with van der Waals surface area (Å²) >= 11 is 0. The summed E-state index contributed by atoms with van der Waals surface area (Å²) in [6, 6.07) is 52.2. The van der Waals surface area contributed by atoms with E-state index < -0.39 is 6.17 Å². The zero-order valence-electron chi connectivity index (χ0n) is 25.7. The molecule has 226 valence electrons. The fraction of sp³-hybridized carbons (Fsp3) is 0.0233. The van der Waals surface area contributed by atoms with Crippen molar-refractivity contribution in [2.75, 3.05) is 0 Å². The molecule has 48 heavy (non-hydrogen) atoms. The molecule has 2 aromatic heterocycles. The Morgan fingerprint density at radius 2 is 1.12 bits per heavy atom. The minimum atomic E-state index is -0.499. The van der Waals surface area contributed by atoms with Crippen LogP contribution >= 0.6 is 0 Å². The van der Waals surface area contributed by atoms with Gasteiger partial charge in [0.2, 0.25) is 0 Å². The Morgan fingerprint density at radius 1 is 0.458 bits per heavy atom. The topological polar surface area (TPSA) is 63.0 Å². The van der Waals surface area contributed by atoms with E-state index >= 15 is 0 Å². The number of hydrogen-bond donors (Lipinski definition) is 1. The smallest absolute Gasteiger partial charge is 0.170 e. The normalized spacial score (nSPS) is 14.9. The van der Waals surface area contributed by atoms with Gasteiger partial charge in [-0.05, 0) is 46.7 Å². The van der Waals surface area contributed by atoms with Gasteiger partial charge < -0.3 is 14.2 Å². The van der Waals surface area contributed by atoms with Gasteiger partial charge in [0.15, 0.2) is 6.17 Å². The first-order valence-corrected chi connectivity index (χ1v) is 16.1. The van der Waals surface area contributed by atoms with E-state index in [1.165, 1.54) is 5.39 Å². The summed E-state index contributed by atoms with van der Waals surface area (Å²) in [6.45, 7) is 0. The maximum atomic E-state index is 6.69. The summed E-state index contributed by atoms with van der Waals surface area (Å²) in [5.41, 5.74) is 8.46. The van der Waals surface area contributed by atoms with Crippen LogP contribution in [0.15, 0.2) is 170 Å². The first-order valence-electron chi connectivity index (χ1n) is 16.1. The third-order valence-electron chi connectivity index (χ3n) is 9.33. The Labute approximate surface area is 275 Å². The lowest BCUT2D eigenvalue weighted by Gasteiger charge is -2.23. The second kappa shape index (κ2) is 10.5. The summed E-state index contributed by atoms with van der Waals surface area (Å²) in [5.74, 6) is 1.56. The number of amidine groups is 2. The fourth-order valence-electron chi connectivity index (χ4n) is 7.01. The molecule has 10 rings (SSSR count). The van der Waals surface area contributed by atoms with E-state index in [9.17, 15) is 0 Å². The molecule has 5 nitrogen and oxygen atoms in total. The number of furan rings is 2. The average molecular weight is 618 g/mol. The summed E-state index contributed by atoms with van der Waals surface area (Å²) < 4.78 is 12.8. The molecule has 0 fully saturated rings. The predicted octanol–water partition coefficient (Wildman–Crippen LogP) is 10.8. The molecule has 0 amide bonds. The highest BCUT2D eigenvalue weighted by atomic mass is 16.3. The van der Waals surface area contributed by atoms with E-state index in [4.69, 9.17) is 18.8 Å². The molecule has 0 radical (unpaired) electrons. The van der Waals surface area contributed by atoms with Crippen LogP contribution in [0.25, 0.3) is 65.8 Å². The van der Waals surface area contributed by atoms with Gasteiger partial charge in [-0.1, -0.05) is 121 Å². The van der Waals surface area contributed by atoms with Gasteiger partial charge in [0, 0.05) is 43.8 Å². The summed E-state index contributed by atoms with van der Waals surface area (Å²) in [5, 5.41) is 10.1. The van der Waals surface area contributed by atoms with Crippen LogP contribution in [0.4, 0.5) is 0 Å². The van der Waals surface area contributed by atoms with Gasteiger partial charge in [0.1, 0.15) is 34.0 Å². The number of para-hydroxylation sites is 2. The quantitative estimate of drug-likeness (QED) is 0.214. The van der Waals surface area contributed by atoms with Gasteiger partial charge in [0.25, 0.3) is 0 Å². The number of hydrogen-bond acceptors (Lipinski definition) is 5. The SMILES string of the molecule is c1ccc(C2=NC(c3ccc(-c4ccc5oc6ccccc6c5c4)c4oc5ccccc5c34)N=C(c3ccc4ccccc4c3)N2)cc1. The van der Waals surface area contributed by atoms with Gasteiger partial charge in [-0.3, -0.25) is 0 Å². The Hall–Kier alpha value is -6.46. The number of benzene rings is 7. The minimum absolute atomic E-state index is 0.499. The van der Waals surface area contributed by atoms with Gasteiger partial charge in [-0.2, -0.15) is 0 Å². The maximum Gasteiger partial charge on any atom is 0.170 e. The molecule has 0 bridgehead atoms. The molecule has 1 aliphatic rings. The zero-order valence-corrected chi connectivity index (χ0v) is 25.7. The summed E-state index contributed by atoms with van der Waals surface area (Å²) in [6.07, 6.45) is -0.499. The minimum Gasteiger partial charge on any atom is -0.456 e. The lowest BCUT2D eigenvalue weighted by molar-refractivity contribution is 0.667. The Kier molecular flexibility index (Phi) is 5.87. The van der Waals surface area contributed by atoms with Crippen molar-refractivity contribution in [1.29, 1.82) is 0 Å². The highest BCUT2D eigenvalue weighted by Gasteiger charge is 2.26. The first kappa shape index (κ1) is 26.7. The van der Waals surface area contributed by atoms with Crippen LogP contribution in [0.5, 0.6) is 0 Å². The fourth-order valence-corrected chi connectivity index (χ4v) is 7.01. The first-order chi connectivity index (χ1) is 23.8. The third kappa shape index (κ3) is 4.25. The molecule has 1 aliphatic heterocycles. The Morgan fingerprint density at radius 3 is 1.98 bits per heavy atom. The molecular weight excluding hydrogens is 590 g/mol. The lowest BCUT2D eigenvalue weighted by atomic mass is 9.96. The number of nitrogens with zero attached hydrogens (tertiary/aromatic N) is 2. The van der Waals surface area contributed by atoms with E-state index in [-0.39, 0.29) is 0 Å². The summed E-state index contributed by atoms with van der Waals surface area (Å²) in [7, 11) is 0. The van der Waals surface area contributed by atoms with Crippen molar-refractivity contribution >= 4 is 66.3 Å². The highest BCUT2D eigenvalue weighted by molar-refractivity contribution is 6.18. The summed E-state index contributed by atoms with van der Waals surface area (Å²) in [4.78, 5) is 10.5. The number of fused-ring (bicyclic) bond motifs is 7. The van der Waals surface area contributed by atoms with Crippen molar-refractivity contribution in [3.63, 3.8) is 0 Å². The number of rotatable bonds is 4. The Bertz CT molecular complexity index is 2770. The molecule has 9 aromatic rings. The largest absolute Gasteiger partial charge is 0.456 e. The van der Waals surface area contributed by atoms with Crippen molar-refractivity contribution in [3.05, 3.63) is 168 Å². The van der Waals surface area contributed by atoms with Crippen molar-refractivity contribution in [3.8, 4) is 11.1 Å². The van der Waals surface area contributed by atoms with Crippen molar-refractivity contribution in [2.45, 2.75) is 6.17 Å². The molecule has 1 unspecified atom stereocenters. The Balaban J connectivity index is 1.19. The van der Waals surface area contributed by atoms with E-state index in [1.807, 2.05) is 48.5 Å². The molecular formula is C43H27N3O2. The van der Waals surface area contributed by atoms with Crippen LogP contribution in [0.3, 0.4) is 0 Å². The number of aliphatic imine (C=N–C) groups is 2. The monoisotopic (exact) mass is 617 g/mol. The van der Waals surface area contributed by atoms with Gasteiger partial charge in [-0.25, -0.2) is 9.98 Å². The molecule has 0 saturated carbocycles. The van der Waals surface area contributed by atoms with Crippen LogP contribution in [0.2, 0.25) is 0 Å². The van der Waals surface area contributed by atoms with Crippen LogP contribution in [-0.2, 0) is 0 Å². The molecule has 0 spiro atoms. The molecule has 1 N–H and O–H groups in total.